The van der Waals surface area contributed by atoms with Crippen molar-refractivity contribution < 1.29 is 4.74 Å². The van der Waals surface area contributed by atoms with Crippen molar-refractivity contribution in [3.63, 3.8) is 0 Å². The molecule has 1 fully saturated rings. The van der Waals surface area contributed by atoms with E-state index >= 15 is 0 Å². The summed E-state index contributed by atoms with van der Waals surface area (Å²) in [7, 11) is 1.84. The van der Waals surface area contributed by atoms with Gasteiger partial charge < -0.3 is 10.1 Å². The van der Waals surface area contributed by atoms with E-state index in [0.717, 1.165) is 11.5 Å². The van der Waals surface area contributed by atoms with Crippen molar-refractivity contribution in [3.05, 3.63) is 18.1 Å². The number of anilines is 1. The number of nitrogens with one attached hydrogen (secondary N) is 1. The minimum absolute atomic E-state index is 0.430. The van der Waals surface area contributed by atoms with Crippen molar-refractivity contribution in [3.8, 4) is 0 Å². The third kappa shape index (κ3) is 3.17. The lowest BCUT2D eigenvalue weighted by atomic mass is 9.98. The van der Waals surface area contributed by atoms with Crippen LogP contribution in [0.1, 0.15) is 37.8 Å². The maximum Gasteiger partial charge on any atom is 0.144 e. The molecule has 0 bridgehead atoms. The lowest BCUT2D eigenvalue weighted by molar-refractivity contribution is 0.0151. The average Bonchev–Trinajstić information content (AvgIpc) is 2.38. The number of hydrogen-bond acceptors (Lipinski definition) is 4. The highest BCUT2D eigenvalue weighted by Gasteiger charge is 2.13. The highest BCUT2D eigenvalue weighted by atomic mass is 16.5. The van der Waals surface area contributed by atoms with E-state index in [1.165, 1.54) is 32.1 Å². The molecule has 0 saturated heterocycles. The van der Waals surface area contributed by atoms with Gasteiger partial charge in [0.05, 0.1) is 30.8 Å². The van der Waals surface area contributed by atoms with Crippen LogP contribution in [0, 0.1) is 0 Å². The van der Waals surface area contributed by atoms with Gasteiger partial charge in [-0.1, -0.05) is 19.3 Å². The predicted octanol–water partition coefficient (Wildman–Crippen LogP) is 2.37. The molecule has 2 rings (SSSR count). The van der Waals surface area contributed by atoms with E-state index in [9.17, 15) is 0 Å². The maximum atomic E-state index is 5.82. The molecule has 1 N–H and O–H groups in total. The first-order valence-electron chi connectivity index (χ1n) is 5.99. The van der Waals surface area contributed by atoms with Gasteiger partial charge in [-0.25, -0.2) is 4.98 Å². The summed E-state index contributed by atoms with van der Waals surface area (Å²) < 4.78 is 5.82. The van der Waals surface area contributed by atoms with Crippen LogP contribution in [-0.2, 0) is 11.3 Å². The second-order valence-corrected chi connectivity index (χ2v) is 4.21. The van der Waals surface area contributed by atoms with Gasteiger partial charge in [-0.3, -0.25) is 4.98 Å². The molecule has 0 amide bonds. The third-order valence-corrected chi connectivity index (χ3v) is 2.98. The molecule has 1 aromatic heterocycles. The average molecular weight is 221 g/mol. The van der Waals surface area contributed by atoms with E-state index in [4.69, 9.17) is 4.74 Å². The SMILES string of the molecule is CNc1cnc(COC2CCCCC2)cn1. The van der Waals surface area contributed by atoms with Gasteiger partial charge in [-0.2, -0.15) is 0 Å². The van der Waals surface area contributed by atoms with Crippen LogP contribution in [-0.4, -0.2) is 23.1 Å². The lowest BCUT2D eigenvalue weighted by Gasteiger charge is -2.21. The van der Waals surface area contributed by atoms with E-state index in [1.54, 1.807) is 12.4 Å². The lowest BCUT2D eigenvalue weighted by Crippen LogP contribution is -2.16. The topological polar surface area (TPSA) is 47.0 Å². The first-order chi connectivity index (χ1) is 7.88. The third-order valence-electron chi connectivity index (χ3n) is 2.98. The first-order valence-corrected chi connectivity index (χ1v) is 5.99. The second-order valence-electron chi connectivity index (χ2n) is 4.21. The van der Waals surface area contributed by atoms with Gasteiger partial charge in [0.1, 0.15) is 5.82 Å². The molecular formula is C12H19N3O. The maximum absolute atomic E-state index is 5.82. The van der Waals surface area contributed by atoms with Gasteiger partial charge >= 0.3 is 0 Å². The standard InChI is InChI=1S/C12H19N3O/c1-13-12-8-14-10(7-15-12)9-16-11-5-3-2-4-6-11/h7-8,11H,2-6,9H2,1H3,(H,13,15). The van der Waals surface area contributed by atoms with Gasteiger partial charge in [0.15, 0.2) is 0 Å². The molecule has 88 valence electrons. The van der Waals surface area contributed by atoms with E-state index in [2.05, 4.69) is 15.3 Å². The van der Waals surface area contributed by atoms with Gasteiger partial charge in [0, 0.05) is 7.05 Å². The number of aromatic nitrogens is 2. The minimum Gasteiger partial charge on any atom is -0.372 e. The van der Waals surface area contributed by atoms with Crippen molar-refractivity contribution >= 4 is 5.82 Å². The molecule has 16 heavy (non-hydrogen) atoms. The summed E-state index contributed by atoms with van der Waals surface area (Å²) in [5.74, 6) is 0.793. The Balaban J connectivity index is 1.79. The molecular weight excluding hydrogens is 202 g/mol. The molecule has 0 aromatic carbocycles. The molecule has 4 nitrogen and oxygen atoms in total. The van der Waals surface area contributed by atoms with Crippen LogP contribution >= 0.6 is 0 Å². The summed E-state index contributed by atoms with van der Waals surface area (Å²) >= 11 is 0. The summed E-state index contributed by atoms with van der Waals surface area (Å²) in [5, 5.41) is 2.95. The van der Waals surface area contributed by atoms with Crippen LogP contribution in [0.4, 0.5) is 5.82 Å². The molecule has 1 aliphatic carbocycles. The van der Waals surface area contributed by atoms with Crippen molar-refractivity contribution in [1.29, 1.82) is 0 Å². The molecule has 0 aliphatic heterocycles. The fourth-order valence-corrected chi connectivity index (χ4v) is 1.99. The molecule has 1 aliphatic rings. The number of rotatable bonds is 4. The van der Waals surface area contributed by atoms with Crippen LogP contribution in [0.5, 0.6) is 0 Å². The van der Waals surface area contributed by atoms with Crippen molar-refractivity contribution in [1.82, 2.24) is 9.97 Å². The Labute approximate surface area is 96.4 Å². The van der Waals surface area contributed by atoms with E-state index in [-0.39, 0.29) is 0 Å². The Hall–Kier alpha value is -1.16. The summed E-state index contributed by atoms with van der Waals surface area (Å²) in [6.07, 6.45) is 10.3. The van der Waals surface area contributed by atoms with Crippen molar-refractivity contribution in [2.24, 2.45) is 0 Å². The van der Waals surface area contributed by atoms with Crippen LogP contribution in [0.2, 0.25) is 0 Å². The number of ether oxygens (including phenoxy) is 1. The largest absolute Gasteiger partial charge is 0.372 e. The molecule has 0 radical (unpaired) electrons. The van der Waals surface area contributed by atoms with Crippen LogP contribution in [0.3, 0.4) is 0 Å². The van der Waals surface area contributed by atoms with E-state index < -0.39 is 0 Å². The Morgan fingerprint density at radius 3 is 2.69 bits per heavy atom. The van der Waals surface area contributed by atoms with Crippen LogP contribution in [0.25, 0.3) is 0 Å². The van der Waals surface area contributed by atoms with Gasteiger partial charge in [-0.15, -0.1) is 0 Å². The Bertz CT molecular complexity index is 307. The van der Waals surface area contributed by atoms with Gasteiger partial charge in [0.2, 0.25) is 0 Å². The zero-order valence-corrected chi connectivity index (χ0v) is 9.78. The summed E-state index contributed by atoms with van der Waals surface area (Å²) in [5.41, 5.74) is 0.907. The number of hydrogen-bond donors (Lipinski definition) is 1. The molecule has 0 spiro atoms. The summed E-state index contributed by atoms with van der Waals surface area (Å²) in [4.78, 5) is 8.49. The molecule has 1 heterocycles. The zero-order valence-electron chi connectivity index (χ0n) is 9.78. The van der Waals surface area contributed by atoms with Gasteiger partial charge in [-0.05, 0) is 12.8 Å². The molecule has 1 saturated carbocycles. The summed E-state index contributed by atoms with van der Waals surface area (Å²) in [6.45, 7) is 0.585. The van der Waals surface area contributed by atoms with Crippen LogP contribution in [0.15, 0.2) is 12.4 Å². The second kappa shape index (κ2) is 5.80. The smallest absolute Gasteiger partial charge is 0.144 e. The van der Waals surface area contributed by atoms with Crippen molar-refractivity contribution in [2.45, 2.75) is 44.8 Å². The first kappa shape index (κ1) is 11.3. The molecule has 1 aromatic rings. The molecule has 4 heteroatoms. The fraction of sp³-hybridized carbons (Fsp3) is 0.667. The quantitative estimate of drug-likeness (QED) is 0.848. The molecule has 0 unspecified atom stereocenters. The number of nitrogens with zero attached hydrogens (tertiary/aromatic N) is 2. The van der Waals surface area contributed by atoms with Gasteiger partial charge in [0.25, 0.3) is 0 Å². The highest BCUT2D eigenvalue weighted by Crippen LogP contribution is 2.21. The van der Waals surface area contributed by atoms with Crippen molar-refractivity contribution in [2.75, 3.05) is 12.4 Å². The Kier molecular flexibility index (Phi) is 4.10. The Morgan fingerprint density at radius 2 is 2.06 bits per heavy atom. The predicted molar refractivity (Wildman–Crippen MR) is 63.2 cm³/mol. The minimum atomic E-state index is 0.430. The van der Waals surface area contributed by atoms with Crippen LogP contribution < -0.4 is 5.32 Å². The molecule has 0 atom stereocenters. The highest BCUT2D eigenvalue weighted by molar-refractivity contribution is 5.29. The normalized spacial score (nSPS) is 17.3. The summed E-state index contributed by atoms with van der Waals surface area (Å²) in [6, 6.07) is 0. The zero-order chi connectivity index (χ0) is 11.2. The Morgan fingerprint density at radius 1 is 1.25 bits per heavy atom. The van der Waals surface area contributed by atoms with E-state index in [0.29, 0.717) is 12.7 Å². The fourth-order valence-electron chi connectivity index (χ4n) is 1.99. The van der Waals surface area contributed by atoms with E-state index in [1.807, 2.05) is 7.05 Å². The monoisotopic (exact) mass is 221 g/mol.